The van der Waals surface area contributed by atoms with Gasteiger partial charge in [-0.3, -0.25) is 4.79 Å². The lowest BCUT2D eigenvalue weighted by atomic mass is 10.2. The van der Waals surface area contributed by atoms with Crippen LogP contribution in [0.1, 0.15) is 12.5 Å². The van der Waals surface area contributed by atoms with E-state index in [-0.39, 0.29) is 5.97 Å². The van der Waals surface area contributed by atoms with Gasteiger partial charge in [-0.25, -0.2) is 0 Å². The number of benzene rings is 1. The summed E-state index contributed by atoms with van der Waals surface area (Å²) >= 11 is 0. The van der Waals surface area contributed by atoms with E-state index >= 15 is 0 Å². The van der Waals surface area contributed by atoms with Gasteiger partial charge in [0.1, 0.15) is 5.75 Å². The summed E-state index contributed by atoms with van der Waals surface area (Å²) in [6.07, 6.45) is 0.983. The molecule has 13 heavy (non-hydrogen) atoms. The molecule has 0 amide bonds. The molecule has 0 N–H and O–H groups in total. The third kappa shape index (κ3) is 3.42. The molecule has 0 aliphatic carbocycles. The van der Waals surface area contributed by atoms with Crippen LogP contribution in [0.5, 0.6) is 5.75 Å². The Kier molecular flexibility index (Phi) is 3.70. The fourth-order valence-corrected chi connectivity index (χ4v) is 1.32. The van der Waals surface area contributed by atoms with E-state index in [1.165, 1.54) is 12.5 Å². The normalized spacial score (nSPS) is 9.69. The van der Waals surface area contributed by atoms with Gasteiger partial charge < -0.3 is 4.74 Å². The van der Waals surface area contributed by atoms with Crippen LogP contribution in [0.2, 0.25) is 6.04 Å². The standard InChI is InChI=1S/C10H11O2Si/c1-8(11)12-10-4-2-9(3-5-10)6-7-13/h2-5H,6-7H2,1H3. The SMILES string of the molecule is CC(=O)Oc1ccc(CC[Si])cc1. The molecule has 0 saturated heterocycles. The number of aryl methyl sites for hydroxylation is 1. The summed E-state index contributed by atoms with van der Waals surface area (Å²) < 4.78 is 4.90. The highest BCUT2D eigenvalue weighted by Crippen LogP contribution is 2.13. The average Bonchev–Trinajstić information content (AvgIpc) is 2.08. The van der Waals surface area contributed by atoms with Gasteiger partial charge in [0.2, 0.25) is 0 Å². The Balaban J connectivity index is 2.64. The van der Waals surface area contributed by atoms with Crippen molar-refractivity contribution in [3.05, 3.63) is 29.8 Å². The minimum Gasteiger partial charge on any atom is -0.427 e. The van der Waals surface area contributed by atoms with Crippen molar-refractivity contribution in [2.24, 2.45) is 0 Å². The number of carbonyl (C=O) groups is 1. The summed E-state index contributed by atoms with van der Waals surface area (Å²) in [6, 6.07) is 8.46. The zero-order valence-electron chi connectivity index (χ0n) is 7.54. The minimum atomic E-state index is -0.284. The molecule has 3 heteroatoms. The van der Waals surface area contributed by atoms with E-state index in [0.29, 0.717) is 5.75 Å². The second kappa shape index (κ2) is 4.82. The van der Waals surface area contributed by atoms with Gasteiger partial charge in [0.15, 0.2) is 0 Å². The van der Waals surface area contributed by atoms with Crippen LogP contribution in [-0.4, -0.2) is 16.2 Å². The number of ether oxygens (including phenoxy) is 1. The van der Waals surface area contributed by atoms with Crippen LogP contribution in [0.3, 0.4) is 0 Å². The monoisotopic (exact) mass is 191 g/mol. The molecule has 0 aromatic heterocycles. The Bertz CT molecular complexity index is 279. The third-order valence-corrected chi connectivity index (χ3v) is 1.85. The molecule has 1 aromatic carbocycles. The highest BCUT2D eigenvalue weighted by Gasteiger charge is 1.97. The Morgan fingerprint density at radius 2 is 2.00 bits per heavy atom. The Morgan fingerprint density at radius 3 is 2.46 bits per heavy atom. The third-order valence-electron chi connectivity index (χ3n) is 1.60. The second-order valence-electron chi connectivity index (χ2n) is 2.74. The Morgan fingerprint density at radius 1 is 1.38 bits per heavy atom. The molecule has 67 valence electrons. The summed E-state index contributed by atoms with van der Waals surface area (Å²) in [5.74, 6) is 0.318. The molecule has 0 atom stereocenters. The fourth-order valence-electron chi connectivity index (χ4n) is 1.03. The highest BCUT2D eigenvalue weighted by molar-refractivity contribution is 6.08. The molecular weight excluding hydrogens is 180 g/mol. The van der Waals surface area contributed by atoms with E-state index in [2.05, 4.69) is 10.2 Å². The summed E-state index contributed by atoms with van der Waals surface area (Å²) in [5.41, 5.74) is 1.23. The van der Waals surface area contributed by atoms with Crippen molar-refractivity contribution >= 4 is 16.2 Å². The molecule has 0 bridgehead atoms. The molecule has 0 unspecified atom stereocenters. The fraction of sp³-hybridized carbons (Fsp3) is 0.300. The van der Waals surface area contributed by atoms with Gasteiger partial charge in [0.05, 0.1) is 0 Å². The predicted molar refractivity (Wildman–Crippen MR) is 52.0 cm³/mol. The van der Waals surface area contributed by atoms with E-state index in [4.69, 9.17) is 4.74 Å². The molecule has 0 fully saturated rings. The van der Waals surface area contributed by atoms with E-state index in [0.717, 1.165) is 12.5 Å². The van der Waals surface area contributed by atoms with Gasteiger partial charge in [0, 0.05) is 17.2 Å². The molecule has 0 aliphatic heterocycles. The number of hydrogen-bond acceptors (Lipinski definition) is 2. The van der Waals surface area contributed by atoms with Crippen molar-refractivity contribution in [3.63, 3.8) is 0 Å². The molecule has 0 aliphatic rings. The maximum Gasteiger partial charge on any atom is 0.308 e. The predicted octanol–water partition coefficient (Wildman–Crippen LogP) is 1.74. The van der Waals surface area contributed by atoms with Crippen LogP contribution < -0.4 is 4.74 Å². The first-order valence-corrected chi connectivity index (χ1v) is 4.85. The Hall–Kier alpha value is -1.09. The molecule has 0 spiro atoms. The van der Waals surface area contributed by atoms with E-state index in [1.807, 2.05) is 12.1 Å². The topological polar surface area (TPSA) is 26.3 Å². The van der Waals surface area contributed by atoms with Crippen molar-refractivity contribution in [1.82, 2.24) is 0 Å². The Labute approximate surface area is 81.3 Å². The van der Waals surface area contributed by atoms with Crippen LogP contribution in [-0.2, 0) is 11.2 Å². The summed E-state index contributed by atoms with van der Waals surface area (Å²) in [7, 11) is 3.40. The number of esters is 1. The van der Waals surface area contributed by atoms with Crippen LogP contribution in [0, 0.1) is 0 Å². The van der Waals surface area contributed by atoms with Crippen molar-refractivity contribution < 1.29 is 9.53 Å². The van der Waals surface area contributed by atoms with Crippen molar-refractivity contribution in [2.75, 3.05) is 0 Å². The molecule has 0 heterocycles. The van der Waals surface area contributed by atoms with Crippen LogP contribution in [0.4, 0.5) is 0 Å². The minimum absolute atomic E-state index is 0.284. The quantitative estimate of drug-likeness (QED) is 0.413. The van der Waals surface area contributed by atoms with E-state index in [1.54, 1.807) is 12.1 Å². The van der Waals surface area contributed by atoms with Gasteiger partial charge in [-0.2, -0.15) is 0 Å². The summed E-state index contributed by atoms with van der Waals surface area (Å²) in [4.78, 5) is 10.6. The first-order chi connectivity index (χ1) is 6.22. The largest absolute Gasteiger partial charge is 0.427 e. The van der Waals surface area contributed by atoms with Crippen LogP contribution in [0.25, 0.3) is 0 Å². The summed E-state index contributed by atoms with van der Waals surface area (Å²) in [5, 5.41) is 0. The first-order valence-electron chi connectivity index (χ1n) is 4.14. The maximum atomic E-state index is 10.6. The van der Waals surface area contributed by atoms with Gasteiger partial charge in [-0.05, 0) is 24.1 Å². The van der Waals surface area contributed by atoms with Crippen LogP contribution in [0.15, 0.2) is 24.3 Å². The van der Waals surface area contributed by atoms with Crippen molar-refractivity contribution in [1.29, 1.82) is 0 Å². The van der Waals surface area contributed by atoms with Gasteiger partial charge >= 0.3 is 5.97 Å². The zero-order chi connectivity index (χ0) is 9.68. The second-order valence-corrected chi connectivity index (χ2v) is 3.24. The van der Waals surface area contributed by atoms with Crippen molar-refractivity contribution in [3.8, 4) is 5.75 Å². The smallest absolute Gasteiger partial charge is 0.308 e. The molecule has 2 nitrogen and oxygen atoms in total. The highest BCUT2D eigenvalue weighted by atomic mass is 28.1. The molecular formula is C10H11O2Si. The van der Waals surface area contributed by atoms with E-state index in [9.17, 15) is 4.79 Å². The number of carbonyl (C=O) groups excluding carboxylic acids is 1. The van der Waals surface area contributed by atoms with Gasteiger partial charge in [-0.15, -0.1) is 0 Å². The van der Waals surface area contributed by atoms with Gasteiger partial charge in [-0.1, -0.05) is 18.2 Å². The van der Waals surface area contributed by atoms with Crippen molar-refractivity contribution in [2.45, 2.75) is 19.4 Å². The zero-order valence-corrected chi connectivity index (χ0v) is 8.54. The lowest BCUT2D eigenvalue weighted by Gasteiger charge is -2.02. The summed E-state index contributed by atoms with van der Waals surface area (Å²) in [6.45, 7) is 1.39. The molecule has 3 radical (unpaired) electrons. The van der Waals surface area contributed by atoms with E-state index < -0.39 is 0 Å². The lowest BCUT2D eigenvalue weighted by Crippen LogP contribution is -2.01. The molecule has 1 rings (SSSR count). The maximum absolute atomic E-state index is 10.6. The van der Waals surface area contributed by atoms with Crippen LogP contribution >= 0.6 is 0 Å². The first kappa shape index (κ1) is 9.99. The molecule has 0 saturated carbocycles. The lowest BCUT2D eigenvalue weighted by molar-refractivity contribution is -0.131. The van der Waals surface area contributed by atoms with Gasteiger partial charge in [0.25, 0.3) is 0 Å². The number of hydrogen-bond donors (Lipinski definition) is 0. The molecule has 1 aromatic rings. The average molecular weight is 191 g/mol. The number of rotatable bonds is 3.